The molecule has 0 radical (unpaired) electrons. The third-order valence-corrected chi connectivity index (χ3v) is 5.16. The molecule has 0 aliphatic heterocycles. The first-order valence-corrected chi connectivity index (χ1v) is 9.38. The molecular weight excluding hydrogens is 392 g/mol. The molecule has 2 aromatic carbocycles. The van der Waals surface area contributed by atoms with Gasteiger partial charge in [-0.1, -0.05) is 12.1 Å². The van der Waals surface area contributed by atoms with Crippen LogP contribution in [0, 0.1) is 21.4 Å². The number of para-hydroxylation sites is 2. The third-order valence-electron chi connectivity index (χ3n) is 4.04. The second-order valence-electron chi connectivity index (χ2n) is 5.85. The zero-order valence-corrected chi connectivity index (χ0v) is 16.2. The van der Waals surface area contributed by atoms with Crippen molar-refractivity contribution in [3.05, 3.63) is 74.6 Å². The SMILES string of the molecule is CCOc1ccccc1Nc1sc(C(=O)c2ccc([N+](=O)[O-])cc2)c(N)c1C#N. The van der Waals surface area contributed by atoms with Crippen molar-refractivity contribution in [3.8, 4) is 11.8 Å². The van der Waals surface area contributed by atoms with E-state index >= 15 is 0 Å². The Labute approximate surface area is 170 Å². The van der Waals surface area contributed by atoms with Gasteiger partial charge in [0.2, 0.25) is 5.78 Å². The van der Waals surface area contributed by atoms with Crippen molar-refractivity contribution in [1.29, 1.82) is 5.26 Å². The van der Waals surface area contributed by atoms with E-state index in [0.717, 1.165) is 11.3 Å². The van der Waals surface area contributed by atoms with Crippen molar-refractivity contribution in [1.82, 2.24) is 0 Å². The minimum atomic E-state index is -0.542. The summed E-state index contributed by atoms with van der Waals surface area (Å²) in [6, 6.07) is 14.5. The summed E-state index contributed by atoms with van der Waals surface area (Å²) in [4.78, 5) is 23.3. The summed E-state index contributed by atoms with van der Waals surface area (Å²) in [7, 11) is 0. The molecule has 0 spiro atoms. The van der Waals surface area contributed by atoms with Gasteiger partial charge in [-0.15, -0.1) is 11.3 Å². The lowest BCUT2D eigenvalue weighted by Crippen LogP contribution is -2.03. The average molecular weight is 408 g/mol. The summed E-state index contributed by atoms with van der Waals surface area (Å²) in [6.45, 7) is 2.34. The molecule has 3 N–H and O–H groups in total. The van der Waals surface area contributed by atoms with Gasteiger partial charge in [-0.05, 0) is 31.2 Å². The van der Waals surface area contributed by atoms with Gasteiger partial charge in [0.15, 0.2) is 0 Å². The molecule has 0 aliphatic carbocycles. The second kappa shape index (κ2) is 8.41. The molecule has 29 heavy (non-hydrogen) atoms. The molecule has 0 unspecified atom stereocenters. The first-order valence-electron chi connectivity index (χ1n) is 8.56. The quantitative estimate of drug-likeness (QED) is 0.334. The number of carbonyl (C=O) groups excluding carboxylic acids is 1. The lowest BCUT2D eigenvalue weighted by atomic mass is 10.1. The van der Waals surface area contributed by atoms with Gasteiger partial charge in [-0.2, -0.15) is 5.26 Å². The van der Waals surface area contributed by atoms with Gasteiger partial charge in [0.05, 0.1) is 22.9 Å². The Balaban J connectivity index is 1.97. The van der Waals surface area contributed by atoms with E-state index in [1.807, 2.05) is 25.1 Å². The van der Waals surface area contributed by atoms with Gasteiger partial charge < -0.3 is 15.8 Å². The number of thiophene rings is 1. The molecule has 1 aromatic heterocycles. The number of non-ortho nitro benzene ring substituents is 1. The van der Waals surface area contributed by atoms with E-state index in [9.17, 15) is 20.2 Å². The van der Waals surface area contributed by atoms with E-state index in [1.165, 1.54) is 24.3 Å². The molecule has 9 heteroatoms. The number of hydrogen-bond donors (Lipinski definition) is 2. The molecule has 0 fully saturated rings. The maximum atomic E-state index is 12.9. The van der Waals surface area contributed by atoms with E-state index in [2.05, 4.69) is 5.32 Å². The van der Waals surface area contributed by atoms with Gasteiger partial charge in [0.25, 0.3) is 5.69 Å². The lowest BCUT2D eigenvalue weighted by molar-refractivity contribution is -0.384. The van der Waals surface area contributed by atoms with Crippen molar-refractivity contribution in [2.45, 2.75) is 6.92 Å². The van der Waals surface area contributed by atoms with Gasteiger partial charge in [-0.3, -0.25) is 14.9 Å². The average Bonchev–Trinajstić information content (AvgIpc) is 3.04. The largest absolute Gasteiger partial charge is 0.492 e. The summed E-state index contributed by atoms with van der Waals surface area (Å²) in [5.74, 6) is 0.194. The van der Waals surface area contributed by atoms with Crippen LogP contribution in [0.15, 0.2) is 48.5 Å². The van der Waals surface area contributed by atoms with Crippen LogP contribution in [0.25, 0.3) is 0 Å². The number of benzene rings is 2. The monoisotopic (exact) mass is 408 g/mol. The summed E-state index contributed by atoms with van der Waals surface area (Å²) < 4.78 is 5.57. The fraction of sp³-hybridized carbons (Fsp3) is 0.100. The Hall–Kier alpha value is -3.90. The molecule has 0 amide bonds. The zero-order chi connectivity index (χ0) is 21.0. The summed E-state index contributed by atoms with van der Waals surface area (Å²) in [6.07, 6.45) is 0. The number of ether oxygens (including phenoxy) is 1. The van der Waals surface area contributed by atoms with Gasteiger partial charge in [-0.25, -0.2) is 0 Å². The van der Waals surface area contributed by atoms with Crippen molar-refractivity contribution in [3.63, 3.8) is 0 Å². The standard InChI is InChI=1S/C20H16N4O4S/c1-2-28-16-6-4-3-5-15(16)23-20-14(11-21)17(22)19(29-20)18(25)12-7-9-13(10-8-12)24(26)27/h3-10,23H,2,22H2,1H3. The number of carbonyl (C=O) groups is 1. The molecule has 1 heterocycles. The van der Waals surface area contributed by atoms with Crippen LogP contribution in [0.5, 0.6) is 5.75 Å². The van der Waals surface area contributed by atoms with E-state index in [-0.39, 0.29) is 27.4 Å². The Morgan fingerprint density at radius 3 is 2.59 bits per heavy atom. The van der Waals surface area contributed by atoms with Crippen molar-refractivity contribution >= 4 is 39.2 Å². The van der Waals surface area contributed by atoms with Crippen LogP contribution in [0.3, 0.4) is 0 Å². The van der Waals surface area contributed by atoms with Gasteiger partial charge >= 0.3 is 0 Å². The molecule has 0 saturated heterocycles. The number of nitrogens with zero attached hydrogens (tertiary/aromatic N) is 2. The fourth-order valence-corrected chi connectivity index (χ4v) is 3.70. The molecule has 0 bridgehead atoms. The number of anilines is 3. The van der Waals surface area contributed by atoms with E-state index in [4.69, 9.17) is 10.5 Å². The zero-order valence-electron chi connectivity index (χ0n) is 15.3. The predicted octanol–water partition coefficient (Wildman–Crippen LogP) is 4.48. The normalized spacial score (nSPS) is 10.2. The molecule has 0 atom stereocenters. The molecule has 3 aromatic rings. The van der Waals surface area contributed by atoms with Crippen molar-refractivity contribution < 1.29 is 14.5 Å². The van der Waals surface area contributed by atoms with Crippen LogP contribution in [-0.4, -0.2) is 17.3 Å². The fourth-order valence-electron chi connectivity index (χ4n) is 2.65. The molecule has 0 aliphatic rings. The summed E-state index contributed by atoms with van der Waals surface area (Å²) in [5, 5.41) is 23.9. The number of nitrogen functional groups attached to an aromatic ring is 1. The Kier molecular flexibility index (Phi) is 5.76. The highest BCUT2D eigenvalue weighted by Crippen LogP contribution is 2.40. The second-order valence-corrected chi connectivity index (χ2v) is 6.87. The number of nitro benzene ring substituents is 1. The van der Waals surface area contributed by atoms with Crippen LogP contribution in [0.1, 0.15) is 27.7 Å². The highest BCUT2D eigenvalue weighted by Gasteiger charge is 2.23. The van der Waals surface area contributed by atoms with Gasteiger partial charge in [0, 0.05) is 17.7 Å². The lowest BCUT2D eigenvalue weighted by Gasteiger charge is -2.11. The van der Waals surface area contributed by atoms with E-state index < -0.39 is 10.7 Å². The van der Waals surface area contributed by atoms with Crippen LogP contribution in [-0.2, 0) is 0 Å². The highest BCUT2D eigenvalue weighted by molar-refractivity contribution is 7.19. The Bertz CT molecular complexity index is 1120. The molecule has 0 saturated carbocycles. The van der Waals surface area contributed by atoms with Gasteiger partial charge in [0.1, 0.15) is 27.3 Å². The number of hydrogen-bond acceptors (Lipinski definition) is 8. The summed E-state index contributed by atoms with van der Waals surface area (Å²) >= 11 is 1.05. The van der Waals surface area contributed by atoms with E-state index in [0.29, 0.717) is 23.0 Å². The molecule has 8 nitrogen and oxygen atoms in total. The minimum absolute atomic E-state index is 0.0669. The first-order chi connectivity index (χ1) is 14.0. The molecule has 3 rings (SSSR count). The molecular formula is C20H16N4O4S. The highest BCUT2D eigenvalue weighted by atomic mass is 32.1. The van der Waals surface area contributed by atoms with E-state index in [1.54, 1.807) is 12.1 Å². The van der Waals surface area contributed by atoms with Crippen LogP contribution < -0.4 is 15.8 Å². The Morgan fingerprint density at radius 1 is 1.28 bits per heavy atom. The predicted molar refractivity (Wildman–Crippen MR) is 111 cm³/mol. The minimum Gasteiger partial charge on any atom is -0.492 e. The van der Waals surface area contributed by atoms with Crippen LogP contribution >= 0.6 is 11.3 Å². The number of nitrogens with one attached hydrogen (secondary N) is 1. The maximum absolute atomic E-state index is 12.9. The number of nitriles is 1. The number of ketones is 1. The molecule has 146 valence electrons. The number of nitro groups is 1. The smallest absolute Gasteiger partial charge is 0.269 e. The number of nitrogens with two attached hydrogens (primary N) is 1. The van der Waals surface area contributed by atoms with Crippen LogP contribution in [0.4, 0.5) is 22.1 Å². The van der Waals surface area contributed by atoms with Crippen molar-refractivity contribution in [2.75, 3.05) is 17.7 Å². The van der Waals surface area contributed by atoms with Crippen molar-refractivity contribution in [2.24, 2.45) is 0 Å². The third kappa shape index (κ3) is 4.02. The van der Waals surface area contributed by atoms with Crippen LogP contribution in [0.2, 0.25) is 0 Å². The summed E-state index contributed by atoms with van der Waals surface area (Å²) in [5.41, 5.74) is 7.06. The maximum Gasteiger partial charge on any atom is 0.269 e. The Morgan fingerprint density at radius 2 is 1.97 bits per heavy atom. The number of rotatable bonds is 7. The topological polar surface area (TPSA) is 131 Å². The first kappa shape index (κ1) is 19.9.